The summed E-state index contributed by atoms with van der Waals surface area (Å²) >= 11 is 5.99. The molecule has 0 saturated heterocycles. The van der Waals surface area contributed by atoms with Gasteiger partial charge in [-0.1, -0.05) is 11.6 Å². The van der Waals surface area contributed by atoms with E-state index in [2.05, 4.69) is 0 Å². The molecular weight excluding hydrogens is 276 g/mol. The highest BCUT2D eigenvalue weighted by molar-refractivity contribution is 7.92. The maximum Gasteiger partial charge on any atom is 0.254 e. The van der Waals surface area contributed by atoms with Crippen molar-refractivity contribution >= 4 is 33.2 Å². The third-order valence-electron chi connectivity index (χ3n) is 2.45. The summed E-state index contributed by atoms with van der Waals surface area (Å²) in [6.45, 7) is 0. The molecule has 0 saturated carbocycles. The summed E-state index contributed by atoms with van der Waals surface area (Å²) in [7, 11) is 1.32. The molecule has 1 rings (SSSR count). The zero-order chi connectivity index (χ0) is 14.1. The first-order valence-electron chi connectivity index (χ1n) is 5.09. The van der Waals surface area contributed by atoms with Crippen molar-refractivity contribution < 1.29 is 13.2 Å². The fraction of sp³-hybridized carbons (Fsp3) is 0.364. The Bertz CT molecular complexity index is 570. The molecule has 0 aliphatic rings. The van der Waals surface area contributed by atoms with E-state index in [0.717, 1.165) is 10.6 Å². The Morgan fingerprint density at radius 2 is 1.78 bits per heavy atom. The van der Waals surface area contributed by atoms with Crippen LogP contribution in [0.25, 0.3) is 0 Å². The monoisotopic (exact) mass is 290 g/mol. The van der Waals surface area contributed by atoms with Crippen molar-refractivity contribution in [2.75, 3.05) is 31.7 Å². The zero-order valence-corrected chi connectivity index (χ0v) is 12.2. The van der Waals surface area contributed by atoms with Gasteiger partial charge in [0, 0.05) is 21.1 Å². The second-order valence-electron chi connectivity index (χ2n) is 4.09. The highest BCUT2D eigenvalue weighted by Gasteiger charge is 2.16. The fourth-order valence-electron chi connectivity index (χ4n) is 1.31. The van der Waals surface area contributed by atoms with Crippen molar-refractivity contribution in [3.05, 3.63) is 28.8 Å². The van der Waals surface area contributed by atoms with Crippen LogP contribution >= 0.6 is 11.6 Å². The van der Waals surface area contributed by atoms with Gasteiger partial charge in [-0.15, -0.1) is 0 Å². The number of carbonyl (C=O) groups excluding carboxylic acids is 1. The Morgan fingerprint density at radius 1 is 1.22 bits per heavy atom. The first-order chi connectivity index (χ1) is 8.14. The third kappa shape index (κ3) is 3.14. The molecule has 1 aromatic carbocycles. The lowest BCUT2D eigenvalue weighted by Crippen LogP contribution is -2.25. The fourth-order valence-corrected chi connectivity index (χ4v) is 2.06. The van der Waals surface area contributed by atoms with E-state index in [-0.39, 0.29) is 10.9 Å². The molecule has 0 heterocycles. The number of amides is 1. The molecule has 0 spiro atoms. The predicted molar refractivity (Wildman–Crippen MR) is 72.7 cm³/mol. The molecule has 100 valence electrons. The normalized spacial score (nSPS) is 11.2. The minimum atomic E-state index is -3.34. The van der Waals surface area contributed by atoms with Crippen LogP contribution in [0.5, 0.6) is 0 Å². The van der Waals surface area contributed by atoms with Crippen LogP contribution < -0.4 is 4.31 Å². The number of sulfonamides is 1. The molecule has 18 heavy (non-hydrogen) atoms. The van der Waals surface area contributed by atoms with Gasteiger partial charge in [0.05, 0.1) is 22.5 Å². The van der Waals surface area contributed by atoms with Gasteiger partial charge in [-0.3, -0.25) is 9.10 Å². The van der Waals surface area contributed by atoms with Crippen LogP contribution in [0.3, 0.4) is 0 Å². The summed E-state index contributed by atoms with van der Waals surface area (Å²) in [5.74, 6) is -0.228. The van der Waals surface area contributed by atoms with Crippen molar-refractivity contribution in [2.45, 2.75) is 0 Å². The topological polar surface area (TPSA) is 57.7 Å². The Labute approximate surface area is 112 Å². The van der Waals surface area contributed by atoms with Gasteiger partial charge in [0.25, 0.3) is 5.91 Å². The van der Waals surface area contributed by atoms with Crippen LogP contribution in [0.15, 0.2) is 18.2 Å². The van der Waals surface area contributed by atoms with Gasteiger partial charge < -0.3 is 4.90 Å². The molecule has 0 aromatic heterocycles. The Kier molecular flexibility index (Phi) is 4.24. The number of hydrogen-bond acceptors (Lipinski definition) is 3. The summed E-state index contributed by atoms with van der Waals surface area (Å²) in [4.78, 5) is 13.2. The predicted octanol–water partition coefficient (Wildman–Crippen LogP) is 1.44. The zero-order valence-electron chi connectivity index (χ0n) is 10.6. The van der Waals surface area contributed by atoms with E-state index in [4.69, 9.17) is 11.6 Å². The molecule has 0 atom stereocenters. The molecular formula is C11H15ClN2O3S. The van der Waals surface area contributed by atoms with Gasteiger partial charge in [0.15, 0.2) is 0 Å². The van der Waals surface area contributed by atoms with E-state index in [1.54, 1.807) is 20.2 Å². The summed E-state index contributed by atoms with van der Waals surface area (Å²) in [6.07, 6.45) is 1.10. The second-order valence-corrected chi connectivity index (χ2v) is 6.52. The Morgan fingerprint density at radius 3 is 2.17 bits per heavy atom. The van der Waals surface area contributed by atoms with Gasteiger partial charge in [0.2, 0.25) is 10.0 Å². The smallest absolute Gasteiger partial charge is 0.254 e. The SMILES string of the molecule is CN(C)C(=O)c1ccc(N(C)S(C)(=O)=O)cc1Cl. The highest BCUT2D eigenvalue weighted by atomic mass is 35.5. The minimum absolute atomic E-state index is 0.224. The molecule has 0 radical (unpaired) electrons. The highest BCUT2D eigenvalue weighted by Crippen LogP contribution is 2.25. The number of hydrogen-bond donors (Lipinski definition) is 0. The second kappa shape index (κ2) is 5.16. The van der Waals surface area contributed by atoms with Gasteiger partial charge in [0.1, 0.15) is 0 Å². The van der Waals surface area contributed by atoms with Crippen molar-refractivity contribution in [3.63, 3.8) is 0 Å². The lowest BCUT2D eigenvalue weighted by molar-refractivity contribution is 0.0828. The largest absolute Gasteiger partial charge is 0.345 e. The Hall–Kier alpha value is -1.27. The van der Waals surface area contributed by atoms with Gasteiger partial charge in [-0.25, -0.2) is 8.42 Å². The van der Waals surface area contributed by atoms with Crippen molar-refractivity contribution in [3.8, 4) is 0 Å². The van der Waals surface area contributed by atoms with Gasteiger partial charge in [-0.2, -0.15) is 0 Å². The van der Waals surface area contributed by atoms with E-state index in [0.29, 0.717) is 11.3 Å². The molecule has 1 aromatic rings. The van der Waals surface area contributed by atoms with Crippen LogP contribution in [0, 0.1) is 0 Å². The molecule has 7 heteroatoms. The third-order valence-corrected chi connectivity index (χ3v) is 3.97. The number of anilines is 1. The number of halogens is 1. The van der Waals surface area contributed by atoms with Crippen LogP contribution in [0.4, 0.5) is 5.69 Å². The van der Waals surface area contributed by atoms with E-state index in [9.17, 15) is 13.2 Å². The average molecular weight is 291 g/mol. The van der Waals surface area contributed by atoms with Crippen LogP contribution in [0.1, 0.15) is 10.4 Å². The summed E-state index contributed by atoms with van der Waals surface area (Å²) in [6, 6.07) is 4.52. The molecule has 0 aliphatic carbocycles. The summed E-state index contributed by atoms with van der Waals surface area (Å²) in [5.41, 5.74) is 0.755. The maximum absolute atomic E-state index is 11.8. The summed E-state index contributed by atoms with van der Waals surface area (Å²) < 4.78 is 23.9. The number of rotatable bonds is 3. The average Bonchev–Trinajstić information content (AvgIpc) is 2.25. The molecule has 0 bridgehead atoms. The lowest BCUT2D eigenvalue weighted by atomic mass is 10.2. The van der Waals surface area contributed by atoms with Crippen molar-refractivity contribution in [1.82, 2.24) is 4.90 Å². The molecule has 1 amide bonds. The quantitative estimate of drug-likeness (QED) is 0.846. The first kappa shape index (κ1) is 14.8. The van der Waals surface area contributed by atoms with Crippen molar-refractivity contribution in [1.29, 1.82) is 0 Å². The van der Waals surface area contributed by atoms with E-state index in [1.807, 2.05) is 0 Å². The van der Waals surface area contributed by atoms with Crippen LogP contribution in [0.2, 0.25) is 5.02 Å². The van der Waals surface area contributed by atoms with Crippen LogP contribution in [-0.4, -0.2) is 46.6 Å². The van der Waals surface area contributed by atoms with Crippen LogP contribution in [-0.2, 0) is 10.0 Å². The van der Waals surface area contributed by atoms with E-state index >= 15 is 0 Å². The Balaban J connectivity index is 3.19. The van der Waals surface area contributed by atoms with E-state index in [1.165, 1.54) is 24.1 Å². The van der Waals surface area contributed by atoms with Crippen molar-refractivity contribution in [2.24, 2.45) is 0 Å². The summed E-state index contributed by atoms with van der Waals surface area (Å²) in [5, 5.41) is 0.224. The number of carbonyl (C=O) groups is 1. The number of benzene rings is 1. The lowest BCUT2D eigenvalue weighted by Gasteiger charge is -2.18. The minimum Gasteiger partial charge on any atom is -0.345 e. The van der Waals surface area contributed by atoms with Gasteiger partial charge in [-0.05, 0) is 18.2 Å². The van der Waals surface area contributed by atoms with E-state index < -0.39 is 10.0 Å². The molecule has 0 fully saturated rings. The molecule has 0 aliphatic heterocycles. The number of nitrogens with zero attached hydrogens (tertiary/aromatic N) is 2. The first-order valence-corrected chi connectivity index (χ1v) is 7.32. The standard InChI is InChI=1S/C11H15ClN2O3S/c1-13(2)11(15)9-6-5-8(7-10(9)12)14(3)18(4,16)17/h5-7H,1-4H3. The molecule has 0 N–H and O–H groups in total. The molecule has 5 nitrogen and oxygen atoms in total. The van der Waals surface area contributed by atoms with Gasteiger partial charge >= 0.3 is 0 Å². The maximum atomic E-state index is 11.8. The molecule has 0 unspecified atom stereocenters.